The molecule has 0 bridgehead atoms. The molecule has 0 N–H and O–H groups in total. The number of thiocarbonyl (C=S) groups is 1. The van der Waals surface area contributed by atoms with Gasteiger partial charge in [0.2, 0.25) is 0 Å². The molecule has 4 heteroatoms. The van der Waals surface area contributed by atoms with Crippen LogP contribution in [0.25, 0.3) is 0 Å². The minimum Gasteiger partial charge on any atom is -0.358 e. The van der Waals surface area contributed by atoms with Crippen molar-refractivity contribution in [3.8, 4) is 0 Å². The molecule has 1 heterocycles. The van der Waals surface area contributed by atoms with Crippen molar-refractivity contribution in [1.82, 2.24) is 4.90 Å². The quantitative estimate of drug-likeness (QED) is 0.787. The zero-order valence-electron chi connectivity index (χ0n) is 11.9. The standard InChI is InChI=1S/C16H21NOS2/c1-13(18)15(14-8-4-2-5-9-14)12-20-16(19)17-10-6-3-7-11-17/h2,4-5,8-9,15H,3,6-7,10-12H2,1H3. The second-order valence-electron chi connectivity index (χ2n) is 5.20. The molecule has 0 amide bonds. The molecule has 1 aromatic carbocycles. The van der Waals surface area contributed by atoms with Gasteiger partial charge in [-0.2, -0.15) is 0 Å². The van der Waals surface area contributed by atoms with E-state index in [1.807, 2.05) is 30.3 Å². The number of thioether (sulfide) groups is 1. The van der Waals surface area contributed by atoms with Gasteiger partial charge in [-0.25, -0.2) is 0 Å². The highest BCUT2D eigenvalue weighted by Gasteiger charge is 2.20. The Labute approximate surface area is 130 Å². The second-order valence-corrected chi connectivity index (χ2v) is 6.85. The van der Waals surface area contributed by atoms with Gasteiger partial charge in [-0.05, 0) is 31.7 Å². The average molecular weight is 307 g/mol. The summed E-state index contributed by atoms with van der Waals surface area (Å²) in [5.41, 5.74) is 1.09. The van der Waals surface area contributed by atoms with Gasteiger partial charge in [0.25, 0.3) is 0 Å². The lowest BCUT2D eigenvalue weighted by atomic mass is 9.98. The van der Waals surface area contributed by atoms with Crippen LogP contribution in [0.4, 0.5) is 0 Å². The third-order valence-electron chi connectivity index (χ3n) is 3.68. The highest BCUT2D eigenvalue weighted by atomic mass is 32.2. The van der Waals surface area contributed by atoms with Crippen molar-refractivity contribution in [2.75, 3.05) is 18.8 Å². The third kappa shape index (κ3) is 4.32. The van der Waals surface area contributed by atoms with Crippen LogP contribution in [-0.2, 0) is 4.79 Å². The molecule has 0 aromatic heterocycles. The number of benzene rings is 1. The lowest BCUT2D eigenvalue weighted by molar-refractivity contribution is -0.117. The van der Waals surface area contributed by atoms with Gasteiger partial charge in [-0.1, -0.05) is 54.3 Å². The van der Waals surface area contributed by atoms with Gasteiger partial charge in [-0.15, -0.1) is 0 Å². The minimum atomic E-state index is -0.0519. The van der Waals surface area contributed by atoms with E-state index in [2.05, 4.69) is 4.90 Å². The lowest BCUT2D eigenvalue weighted by Gasteiger charge is -2.29. The van der Waals surface area contributed by atoms with Gasteiger partial charge in [0.15, 0.2) is 0 Å². The van der Waals surface area contributed by atoms with E-state index < -0.39 is 0 Å². The average Bonchev–Trinajstić information content (AvgIpc) is 2.49. The van der Waals surface area contributed by atoms with E-state index in [0.29, 0.717) is 0 Å². The molecule has 1 aliphatic rings. The van der Waals surface area contributed by atoms with Crippen LogP contribution in [0.3, 0.4) is 0 Å². The van der Waals surface area contributed by atoms with E-state index in [1.54, 1.807) is 18.7 Å². The molecule has 20 heavy (non-hydrogen) atoms. The number of Topliss-reactive ketones (excluding diaryl/α,β-unsaturated/α-hetero) is 1. The second kappa shape index (κ2) is 7.79. The maximum absolute atomic E-state index is 11.9. The van der Waals surface area contributed by atoms with Crippen molar-refractivity contribution in [3.63, 3.8) is 0 Å². The Kier molecular flexibility index (Phi) is 6.05. The largest absolute Gasteiger partial charge is 0.358 e. The third-order valence-corrected chi connectivity index (χ3v) is 5.30. The Bertz CT molecular complexity index is 455. The van der Waals surface area contributed by atoms with E-state index in [0.717, 1.165) is 28.7 Å². The molecule has 1 fully saturated rings. The summed E-state index contributed by atoms with van der Waals surface area (Å²) in [7, 11) is 0. The fourth-order valence-corrected chi connectivity index (χ4v) is 3.94. The molecule has 1 atom stereocenters. The fourth-order valence-electron chi connectivity index (χ4n) is 2.46. The monoisotopic (exact) mass is 307 g/mol. The summed E-state index contributed by atoms with van der Waals surface area (Å²) in [6, 6.07) is 10.00. The first-order valence-corrected chi connectivity index (χ1v) is 8.55. The van der Waals surface area contributed by atoms with E-state index >= 15 is 0 Å². The van der Waals surface area contributed by atoms with Gasteiger partial charge >= 0.3 is 0 Å². The van der Waals surface area contributed by atoms with Crippen LogP contribution < -0.4 is 0 Å². The first-order chi connectivity index (χ1) is 9.68. The Balaban J connectivity index is 1.92. The van der Waals surface area contributed by atoms with Crippen molar-refractivity contribution >= 4 is 34.1 Å². The van der Waals surface area contributed by atoms with Crippen molar-refractivity contribution in [2.45, 2.75) is 32.1 Å². The van der Waals surface area contributed by atoms with E-state index in [1.165, 1.54) is 19.3 Å². The summed E-state index contributed by atoms with van der Waals surface area (Å²) in [5.74, 6) is 0.906. The summed E-state index contributed by atoms with van der Waals surface area (Å²) in [4.78, 5) is 14.1. The molecule has 1 aromatic rings. The van der Waals surface area contributed by atoms with Crippen LogP contribution in [0.15, 0.2) is 30.3 Å². The molecule has 1 unspecified atom stereocenters. The Morgan fingerprint density at radius 2 is 1.90 bits per heavy atom. The van der Waals surface area contributed by atoms with Crippen LogP contribution in [0, 0.1) is 0 Å². The Morgan fingerprint density at radius 1 is 1.25 bits per heavy atom. The number of piperidine rings is 1. The number of hydrogen-bond donors (Lipinski definition) is 0. The first-order valence-electron chi connectivity index (χ1n) is 7.15. The summed E-state index contributed by atoms with van der Waals surface area (Å²) in [6.45, 7) is 3.81. The van der Waals surface area contributed by atoms with Crippen molar-refractivity contribution < 1.29 is 4.79 Å². The number of hydrogen-bond acceptors (Lipinski definition) is 3. The van der Waals surface area contributed by atoms with E-state index in [4.69, 9.17) is 12.2 Å². The molecule has 0 spiro atoms. The van der Waals surface area contributed by atoms with Gasteiger partial charge in [0.05, 0.1) is 5.92 Å². The molecule has 0 aliphatic carbocycles. The predicted octanol–water partition coefficient (Wildman–Crippen LogP) is 3.86. The molecule has 2 rings (SSSR count). The normalized spacial score (nSPS) is 16.8. The lowest BCUT2D eigenvalue weighted by Crippen LogP contribution is -2.33. The van der Waals surface area contributed by atoms with E-state index in [-0.39, 0.29) is 11.7 Å². The molecule has 0 radical (unpaired) electrons. The summed E-state index contributed by atoms with van der Waals surface area (Å²) < 4.78 is 0.951. The Hall–Kier alpha value is -0.870. The van der Waals surface area contributed by atoms with Gasteiger partial charge in [0.1, 0.15) is 10.1 Å². The highest BCUT2D eigenvalue weighted by molar-refractivity contribution is 8.22. The topological polar surface area (TPSA) is 20.3 Å². The summed E-state index contributed by atoms with van der Waals surface area (Å²) in [5, 5.41) is 0. The molecular weight excluding hydrogens is 286 g/mol. The van der Waals surface area contributed by atoms with Gasteiger partial charge in [0, 0.05) is 18.8 Å². The maximum Gasteiger partial charge on any atom is 0.138 e. The van der Waals surface area contributed by atoms with Crippen molar-refractivity contribution in [1.29, 1.82) is 0 Å². The number of rotatable bonds is 4. The SMILES string of the molecule is CC(=O)C(CSC(=S)N1CCCCC1)c1ccccc1. The summed E-state index contributed by atoms with van der Waals surface area (Å²) >= 11 is 7.16. The van der Waals surface area contributed by atoms with Crippen LogP contribution in [0.2, 0.25) is 0 Å². The smallest absolute Gasteiger partial charge is 0.138 e. The number of carbonyl (C=O) groups excluding carboxylic acids is 1. The summed E-state index contributed by atoms with van der Waals surface area (Å²) in [6.07, 6.45) is 3.77. The van der Waals surface area contributed by atoms with Crippen molar-refractivity contribution in [2.24, 2.45) is 0 Å². The molecule has 1 aliphatic heterocycles. The van der Waals surface area contributed by atoms with Crippen LogP contribution in [-0.4, -0.2) is 33.8 Å². The maximum atomic E-state index is 11.9. The molecule has 2 nitrogen and oxygen atoms in total. The highest BCUT2D eigenvalue weighted by Crippen LogP contribution is 2.24. The Morgan fingerprint density at radius 3 is 2.50 bits per heavy atom. The first kappa shape index (κ1) is 15.5. The number of carbonyl (C=O) groups is 1. The van der Waals surface area contributed by atoms with Crippen LogP contribution in [0.1, 0.15) is 37.7 Å². The minimum absolute atomic E-state index is 0.0519. The van der Waals surface area contributed by atoms with E-state index in [9.17, 15) is 4.79 Å². The number of nitrogens with zero attached hydrogens (tertiary/aromatic N) is 1. The number of likely N-dealkylation sites (tertiary alicyclic amines) is 1. The zero-order chi connectivity index (χ0) is 14.4. The van der Waals surface area contributed by atoms with Crippen molar-refractivity contribution in [3.05, 3.63) is 35.9 Å². The van der Waals surface area contributed by atoms with Crippen LogP contribution in [0.5, 0.6) is 0 Å². The molecular formula is C16H21NOS2. The molecule has 1 saturated heterocycles. The predicted molar refractivity (Wildman–Crippen MR) is 90.3 cm³/mol. The van der Waals surface area contributed by atoms with Crippen LogP contribution >= 0.6 is 24.0 Å². The molecule has 108 valence electrons. The molecule has 0 saturated carbocycles. The fraction of sp³-hybridized carbons (Fsp3) is 0.500. The number of ketones is 1. The zero-order valence-corrected chi connectivity index (χ0v) is 13.5. The van der Waals surface area contributed by atoms with Gasteiger partial charge < -0.3 is 4.90 Å². The van der Waals surface area contributed by atoms with Gasteiger partial charge in [-0.3, -0.25) is 4.79 Å².